The van der Waals surface area contributed by atoms with Crippen molar-refractivity contribution in [1.29, 1.82) is 0 Å². The first kappa shape index (κ1) is 14.3. The zero-order valence-corrected chi connectivity index (χ0v) is 12.5. The lowest BCUT2D eigenvalue weighted by molar-refractivity contribution is 0.567. The van der Waals surface area contributed by atoms with Crippen LogP contribution in [-0.4, -0.2) is 41.6 Å². The van der Waals surface area contributed by atoms with E-state index in [4.69, 9.17) is 11.6 Å². The van der Waals surface area contributed by atoms with Gasteiger partial charge in [0.1, 0.15) is 0 Å². The van der Waals surface area contributed by atoms with E-state index in [-0.39, 0.29) is 5.28 Å². The predicted molar refractivity (Wildman–Crippen MR) is 79.1 cm³/mol. The minimum Gasteiger partial charge on any atom is -0.344 e. The maximum atomic E-state index is 6.03. The molecule has 0 aromatic carbocycles. The second-order valence-corrected chi connectivity index (χ2v) is 5.37. The van der Waals surface area contributed by atoms with Gasteiger partial charge in [-0.1, -0.05) is 13.3 Å². The summed E-state index contributed by atoms with van der Waals surface area (Å²) in [6.45, 7) is 5.14. The van der Waals surface area contributed by atoms with E-state index in [1.54, 1.807) is 0 Å². The van der Waals surface area contributed by atoms with Crippen molar-refractivity contribution in [1.82, 2.24) is 15.0 Å². The third kappa shape index (κ3) is 3.93. The van der Waals surface area contributed by atoms with Crippen LogP contribution in [0.1, 0.15) is 39.0 Å². The van der Waals surface area contributed by atoms with Gasteiger partial charge in [0.15, 0.2) is 0 Å². The molecule has 0 N–H and O–H groups in total. The average Bonchev–Trinajstić information content (AvgIpc) is 2.45. The molecule has 5 nitrogen and oxygen atoms in total. The molecule has 106 valence electrons. The second-order valence-electron chi connectivity index (χ2n) is 5.03. The van der Waals surface area contributed by atoms with Crippen molar-refractivity contribution in [3.8, 4) is 0 Å². The molecule has 2 heterocycles. The molecule has 1 aliphatic rings. The van der Waals surface area contributed by atoms with Crippen molar-refractivity contribution < 1.29 is 0 Å². The minimum absolute atomic E-state index is 0.286. The fraction of sp³-hybridized carbons (Fsp3) is 0.769. The van der Waals surface area contributed by atoms with Crippen molar-refractivity contribution in [2.24, 2.45) is 0 Å². The zero-order chi connectivity index (χ0) is 13.7. The third-order valence-electron chi connectivity index (χ3n) is 3.41. The van der Waals surface area contributed by atoms with Crippen LogP contribution in [0.2, 0.25) is 5.28 Å². The molecule has 1 aliphatic heterocycles. The SMILES string of the molecule is CCCCN(C)c1nc(Cl)nc(N2CCCCC2)n1. The highest BCUT2D eigenvalue weighted by Crippen LogP contribution is 2.19. The molecule has 0 spiro atoms. The normalized spacial score (nSPS) is 15.6. The first-order chi connectivity index (χ1) is 9.20. The van der Waals surface area contributed by atoms with Crippen LogP contribution in [0.15, 0.2) is 0 Å². The van der Waals surface area contributed by atoms with E-state index in [0.29, 0.717) is 5.95 Å². The molecule has 1 fully saturated rings. The first-order valence-corrected chi connectivity index (χ1v) is 7.46. The number of halogens is 1. The van der Waals surface area contributed by atoms with Crippen LogP contribution < -0.4 is 9.80 Å². The van der Waals surface area contributed by atoms with Crippen LogP contribution in [0, 0.1) is 0 Å². The predicted octanol–water partition coefficient (Wildman–Crippen LogP) is 2.75. The van der Waals surface area contributed by atoms with Crippen molar-refractivity contribution in [3.05, 3.63) is 5.28 Å². The Balaban J connectivity index is 2.13. The second kappa shape index (κ2) is 6.89. The quantitative estimate of drug-likeness (QED) is 0.831. The largest absolute Gasteiger partial charge is 0.344 e. The van der Waals surface area contributed by atoms with Gasteiger partial charge in [-0.2, -0.15) is 15.0 Å². The van der Waals surface area contributed by atoms with Gasteiger partial charge < -0.3 is 9.80 Å². The van der Waals surface area contributed by atoms with Crippen molar-refractivity contribution >= 4 is 23.5 Å². The van der Waals surface area contributed by atoms with Crippen molar-refractivity contribution in [2.45, 2.75) is 39.0 Å². The number of hydrogen-bond donors (Lipinski definition) is 0. The van der Waals surface area contributed by atoms with E-state index in [9.17, 15) is 0 Å². The van der Waals surface area contributed by atoms with Crippen LogP contribution in [0.3, 0.4) is 0 Å². The number of rotatable bonds is 5. The number of unbranched alkanes of at least 4 members (excludes halogenated alkanes) is 1. The van der Waals surface area contributed by atoms with Gasteiger partial charge in [0.05, 0.1) is 0 Å². The monoisotopic (exact) mass is 283 g/mol. The van der Waals surface area contributed by atoms with E-state index >= 15 is 0 Å². The van der Waals surface area contributed by atoms with E-state index in [2.05, 4.69) is 26.8 Å². The topological polar surface area (TPSA) is 45.2 Å². The standard InChI is InChI=1S/C13H22ClN5/c1-3-4-8-18(2)12-15-11(14)16-13(17-12)19-9-6-5-7-10-19/h3-10H2,1-2H3. The summed E-state index contributed by atoms with van der Waals surface area (Å²) in [7, 11) is 2.00. The molecule has 1 aromatic rings. The van der Waals surface area contributed by atoms with Crippen molar-refractivity contribution in [3.63, 3.8) is 0 Å². The number of hydrogen-bond acceptors (Lipinski definition) is 5. The first-order valence-electron chi connectivity index (χ1n) is 7.08. The summed E-state index contributed by atoms with van der Waals surface area (Å²) in [6.07, 6.45) is 5.97. The number of piperidine rings is 1. The lowest BCUT2D eigenvalue weighted by Crippen LogP contribution is -2.32. The summed E-state index contributed by atoms with van der Waals surface area (Å²) in [5.74, 6) is 1.40. The highest BCUT2D eigenvalue weighted by atomic mass is 35.5. The van der Waals surface area contributed by atoms with E-state index in [0.717, 1.165) is 38.4 Å². The van der Waals surface area contributed by atoms with Gasteiger partial charge in [-0.05, 0) is 37.3 Å². The van der Waals surface area contributed by atoms with Crippen LogP contribution in [0.25, 0.3) is 0 Å². The molecule has 0 radical (unpaired) electrons. The van der Waals surface area contributed by atoms with Crippen LogP contribution in [-0.2, 0) is 0 Å². The molecule has 0 aliphatic carbocycles. The summed E-state index contributed by atoms with van der Waals surface area (Å²) >= 11 is 6.03. The van der Waals surface area contributed by atoms with Gasteiger partial charge in [-0.25, -0.2) is 0 Å². The molecule has 1 aromatic heterocycles. The lowest BCUT2D eigenvalue weighted by atomic mass is 10.1. The maximum Gasteiger partial charge on any atom is 0.231 e. The van der Waals surface area contributed by atoms with Gasteiger partial charge in [-0.15, -0.1) is 0 Å². The van der Waals surface area contributed by atoms with Gasteiger partial charge >= 0.3 is 0 Å². The van der Waals surface area contributed by atoms with Gasteiger partial charge in [0.2, 0.25) is 17.2 Å². The van der Waals surface area contributed by atoms with Gasteiger partial charge in [-0.3, -0.25) is 0 Å². The lowest BCUT2D eigenvalue weighted by Gasteiger charge is -2.27. The molecule has 2 rings (SSSR count). The third-order valence-corrected chi connectivity index (χ3v) is 3.58. The molecule has 0 atom stereocenters. The Morgan fingerprint density at radius 3 is 2.58 bits per heavy atom. The Morgan fingerprint density at radius 2 is 1.89 bits per heavy atom. The zero-order valence-electron chi connectivity index (χ0n) is 11.8. The average molecular weight is 284 g/mol. The van der Waals surface area contributed by atoms with Crippen LogP contribution >= 0.6 is 11.6 Å². The Kier molecular flexibility index (Phi) is 5.19. The molecule has 6 heteroatoms. The van der Waals surface area contributed by atoms with Gasteiger partial charge in [0, 0.05) is 26.7 Å². The Morgan fingerprint density at radius 1 is 1.16 bits per heavy atom. The number of anilines is 2. The van der Waals surface area contributed by atoms with Gasteiger partial charge in [0.25, 0.3) is 0 Å². The molecule has 0 unspecified atom stereocenters. The Labute approximate surface area is 120 Å². The number of nitrogens with zero attached hydrogens (tertiary/aromatic N) is 5. The summed E-state index contributed by atoms with van der Waals surface area (Å²) < 4.78 is 0. The fourth-order valence-corrected chi connectivity index (χ4v) is 2.38. The molecule has 0 saturated carbocycles. The Hall–Kier alpha value is -1.10. The molecule has 0 amide bonds. The summed E-state index contributed by atoms with van der Waals surface area (Å²) in [6, 6.07) is 0. The molecule has 0 bridgehead atoms. The van der Waals surface area contributed by atoms with Crippen LogP contribution in [0.5, 0.6) is 0 Å². The minimum atomic E-state index is 0.286. The highest BCUT2D eigenvalue weighted by molar-refractivity contribution is 6.28. The molecular formula is C13H22ClN5. The summed E-state index contributed by atoms with van der Waals surface area (Å²) in [5, 5.41) is 0.286. The maximum absolute atomic E-state index is 6.03. The Bertz CT molecular complexity index is 406. The fourth-order valence-electron chi connectivity index (χ4n) is 2.23. The summed E-state index contributed by atoms with van der Waals surface area (Å²) in [5.41, 5.74) is 0. The molecular weight excluding hydrogens is 262 g/mol. The number of aromatic nitrogens is 3. The molecule has 1 saturated heterocycles. The summed E-state index contributed by atoms with van der Waals surface area (Å²) in [4.78, 5) is 17.3. The highest BCUT2D eigenvalue weighted by Gasteiger charge is 2.16. The van der Waals surface area contributed by atoms with Crippen molar-refractivity contribution in [2.75, 3.05) is 36.5 Å². The molecule has 19 heavy (non-hydrogen) atoms. The van der Waals surface area contributed by atoms with E-state index < -0.39 is 0 Å². The van der Waals surface area contributed by atoms with E-state index in [1.807, 2.05) is 11.9 Å². The van der Waals surface area contributed by atoms with Crippen LogP contribution in [0.4, 0.5) is 11.9 Å². The van der Waals surface area contributed by atoms with E-state index in [1.165, 1.54) is 19.3 Å². The smallest absolute Gasteiger partial charge is 0.231 e.